The van der Waals surface area contributed by atoms with Crippen LogP contribution >= 0.6 is 24.0 Å². The van der Waals surface area contributed by atoms with Crippen LogP contribution in [-0.4, -0.2) is 33.8 Å². The summed E-state index contributed by atoms with van der Waals surface area (Å²) in [5.41, 5.74) is 1.21. The van der Waals surface area contributed by atoms with Crippen molar-refractivity contribution < 1.29 is 0 Å². The minimum Gasteiger partial charge on any atom is -0.356 e. The molecular formula is C20H33IN6. The molecule has 0 atom stereocenters. The van der Waals surface area contributed by atoms with Crippen molar-refractivity contribution >= 4 is 29.9 Å². The van der Waals surface area contributed by atoms with Crippen LogP contribution in [0, 0.1) is 0 Å². The van der Waals surface area contributed by atoms with Crippen LogP contribution in [0.3, 0.4) is 0 Å². The number of hydrogen-bond acceptors (Lipinski definition) is 3. The second-order valence-electron chi connectivity index (χ2n) is 6.36. The molecule has 1 aromatic heterocycles. The van der Waals surface area contributed by atoms with Crippen LogP contribution in [0.5, 0.6) is 0 Å². The molecule has 0 amide bonds. The monoisotopic (exact) mass is 484 g/mol. The van der Waals surface area contributed by atoms with E-state index in [9.17, 15) is 0 Å². The molecule has 0 aliphatic heterocycles. The van der Waals surface area contributed by atoms with Crippen molar-refractivity contribution in [2.45, 2.75) is 59.0 Å². The van der Waals surface area contributed by atoms with Gasteiger partial charge in [-0.3, -0.25) is 0 Å². The highest BCUT2D eigenvalue weighted by Gasteiger charge is 2.03. The number of aryl methyl sites for hydroxylation is 1. The fourth-order valence-corrected chi connectivity index (χ4v) is 2.72. The number of hydrogen-bond donors (Lipinski definition) is 2. The number of rotatable bonds is 11. The molecule has 0 radical (unpaired) electrons. The Morgan fingerprint density at radius 1 is 1.04 bits per heavy atom. The number of aromatic nitrogens is 3. The standard InChI is InChI=1S/C20H32N6.HI/c1-3-5-6-10-13-21-20(23-16-18-11-8-7-9-12-18)22-14-15-26-17-24-25-19(26)4-2;/h7-9,11-12,17H,3-6,10,13-16H2,1-2H3,(H2,21,22,23);1H. The molecule has 6 nitrogen and oxygen atoms in total. The number of guanidine groups is 1. The molecule has 1 heterocycles. The second-order valence-corrected chi connectivity index (χ2v) is 6.36. The van der Waals surface area contributed by atoms with E-state index in [4.69, 9.17) is 4.99 Å². The van der Waals surface area contributed by atoms with E-state index in [1.165, 1.54) is 31.2 Å². The first kappa shape index (κ1) is 23.4. The highest BCUT2D eigenvalue weighted by Crippen LogP contribution is 2.01. The fourth-order valence-electron chi connectivity index (χ4n) is 2.72. The van der Waals surface area contributed by atoms with E-state index in [1.807, 2.05) is 6.07 Å². The van der Waals surface area contributed by atoms with E-state index in [1.54, 1.807) is 6.33 Å². The van der Waals surface area contributed by atoms with Crippen LogP contribution in [0.25, 0.3) is 0 Å². The van der Waals surface area contributed by atoms with Gasteiger partial charge in [0.1, 0.15) is 12.2 Å². The lowest BCUT2D eigenvalue weighted by Crippen LogP contribution is -2.39. The van der Waals surface area contributed by atoms with Crippen LogP contribution < -0.4 is 10.6 Å². The molecule has 0 bridgehead atoms. The maximum absolute atomic E-state index is 4.73. The van der Waals surface area contributed by atoms with Gasteiger partial charge in [0.15, 0.2) is 5.96 Å². The van der Waals surface area contributed by atoms with Gasteiger partial charge in [-0.2, -0.15) is 0 Å². The van der Waals surface area contributed by atoms with Crippen LogP contribution in [0.2, 0.25) is 0 Å². The van der Waals surface area contributed by atoms with E-state index in [2.05, 4.69) is 63.5 Å². The number of nitrogens with one attached hydrogen (secondary N) is 2. The Kier molecular flexibility index (Phi) is 12.5. The predicted molar refractivity (Wildman–Crippen MR) is 123 cm³/mol. The Bertz CT molecular complexity index is 641. The summed E-state index contributed by atoms with van der Waals surface area (Å²) in [7, 11) is 0. The molecule has 2 N–H and O–H groups in total. The van der Waals surface area contributed by atoms with Crippen molar-refractivity contribution in [3.63, 3.8) is 0 Å². The maximum Gasteiger partial charge on any atom is 0.191 e. The third kappa shape index (κ3) is 9.21. The highest BCUT2D eigenvalue weighted by atomic mass is 127. The first-order valence-electron chi connectivity index (χ1n) is 9.76. The number of nitrogens with zero attached hydrogens (tertiary/aromatic N) is 4. The zero-order valence-corrected chi connectivity index (χ0v) is 18.9. The van der Waals surface area contributed by atoms with Gasteiger partial charge in [0.2, 0.25) is 0 Å². The van der Waals surface area contributed by atoms with Gasteiger partial charge < -0.3 is 15.2 Å². The Labute approximate surface area is 180 Å². The van der Waals surface area contributed by atoms with Crippen LogP contribution in [0.15, 0.2) is 41.7 Å². The number of benzene rings is 1. The third-order valence-corrected chi connectivity index (χ3v) is 4.24. The lowest BCUT2D eigenvalue weighted by atomic mass is 10.2. The average molecular weight is 484 g/mol. The molecule has 0 saturated heterocycles. The third-order valence-electron chi connectivity index (χ3n) is 4.24. The van der Waals surface area contributed by atoms with Gasteiger partial charge >= 0.3 is 0 Å². The van der Waals surface area contributed by atoms with Gasteiger partial charge in [-0.1, -0.05) is 63.4 Å². The molecule has 0 saturated carbocycles. The first-order valence-corrected chi connectivity index (χ1v) is 9.76. The largest absolute Gasteiger partial charge is 0.356 e. The van der Waals surface area contributed by atoms with Gasteiger partial charge in [-0.15, -0.1) is 34.2 Å². The fraction of sp³-hybridized carbons (Fsp3) is 0.550. The summed E-state index contributed by atoms with van der Waals surface area (Å²) in [5.74, 6) is 1.89. The summed E-state index contributed by atoms with van der Waals surface area (Å²) in [6.45, 7) is 7.58. The second kappa shape index (κ2) is 14.4. The molecule has 7 heteroatoms. The van der Waals surface area contributed by atoms with E-state index < -0.39 is 0 Å². The Hall–Kier alpha value is -1.64. The summed E-state index contributed by atoms with van der Waals surface area (Å²) < 4.78 is 2.09. The zero-order chi connectivity index (χ0) is 18.5. The van der Waals surface area contributed by atoms with Gasteiger partial charge in [-0.25, -0.2) is 4.99 Å². The Morgan fingerprint density at radius 2 is 1.81 bits per heavy atom. The van der Waals surface area contributed by atoms with Gasteiger partial charge in [0.05, 0.1) is 6.54 Å². The molecule has 0 fully saturated rings. The van der Waals surface area contributed by atoms with Crippen LogP contribution in [-0.2, 0) is 19.5 Å². The van der Waals surface area contributed by atoms with Crippen molar-refractivity contribution in [1.82, 2.24) is 25.4 Å². The zero-order valence-electron chi connectivity index (χ0n) is 16.5. The lowest BCUT2D eigenvalue weighted by molar-refractivity contribution is 0.620. The SMILES string of the molecule is CCCCCCNC(=NCc1ccccc1)NCCn1cnnc1CC.I. The normalized spacial score (nSPS) is 11.1. The molecule has 150 valence electrons. The van der Waals surface area contributed by atoms with E-state index in [0.29, 0.717) is 6.54 Å². The van der Waals surface area contributed by atoms with E-state index >= 15 is 0 Å². The minimum absolute atomic E-state index is 0. The molecule has 0 spiro atoms. The van der Waals surface area contributed by atoms with E-state index in [-0.39, 0.29) is 24.0 Å². The van der Waals surface area contributed by atoms with Crippen molar-refractivity contribution in [3.8, 4) is 0 Å². The average Bonchev–Trinajstić information content (AvgIpc) is 3.13. The number of halogens is 1. The summed E-state index contributed by atoms with van der Waals surface area (Å²) in [6.07, 6.45) is 7.66. The minimum atomic E-state index is 0. The van der Waals surface area contributed by atoms with Gasteiger partial charge in [0.25, 0.3) is 0 Å². The molecule has 2 rings (SSSR count). The number of aliphatic imine (C=N–C) groups is 1. The molecule has 0 unspecified atom stereocenters. The topological polar surface area (TPSA) is 67.1 Å². The van der Waals surface area contributed by atoms with Crippen molar-refractivity contribution in [3.05, 3.63) is 48.0 Å². The summed E-state index contributed by atoms with van der Waals surface area (Å²) >= 11 is 0. The summed E-state index contributed by atoms with van der Waals surface area (Å²) in [5, 5.41) is 15.0. The molecular weight excluding hydrogens is 451 g/mol. The first-order chi connectivity index (χ1) is 12.8. The Morgan fingerprint density at radius 3 is 2.56 bits per heavy atom. The number of unbranched alkanes of at least 4 members (excludes halogenated alkanes) is 3. The van der Waals surface area contributed by atoms with Gasteiger partial charge in [0, 0.05) is 26.1 Å². The lowest BCUT2D eigenvalue weighted by Gasteiger charge is -2.13. The van der Waals surface area contributed by atoms with Crippen LogP contribution in [0.1, 0.15) is 50.9 Å². The molecule has 2 aromatic rings. The molecule has 0 aliphatic rings. The van der Waals surface area contributed by atoms with Crippen molar-refractivity contribution in [2.75, 3.05) is 13.1 Å². The van der Waals surface area contributed by atoms with E-state index in [0.717, 1.165) is 37.8 Å². The van der Waals surface area contributed by atoms with Gasteiger partial charge in [-0.05, 0) is 12.0 Å². The summed E-state index contributed by atoms with van der Waals surface area (Å²) in [4.78, 5) is 4.73. The maximum atomic E-state index is 4.73. The quantitative estimate of drug-likeness (QED) is 0.221. The summed E-state index contributed by atoms with van der Waals surface area (Å²) in [6, 6.07) is 10.3. The predicted octanol–water partition coefficient (Wildman–Crippen LogP) is 3.77. The van der Waals surface area contributed by atoms with Crippen LogP contribution in [0.4, 0.5) is 0 Å². The molecule has 1 aromatic carbocycles. The van der Waals surface area contributed by atoms with Crippen molar-refractivity contribution in [1.29, 1.82) is 0 Å². The molecule has 0 aliphatic carbocycles. The van der Waals surface area contributed by atoms with Crippen molar-refractivity contribution in [2.24, 2.45) is 4.99 Å². The Balaban J connectivity index is 0.00000364. The molecule has 27 heavy (non-hydrogen) atoms. The smallest absolute Gasteiger partial charge is 0.191 e. The highest BCUT2D eigenvalue weighted by molar-refractivity contribution is 14.0.